The molecule has 21 heavy (non-hydrogen) atoms. The molecule has 1 atom stereocenters. The van der Waals surface area contributed by atoms with Crippen molar-refractivity contribution in [1.82, 2.24) is 0 Å². The van der Waals surface area contributed by atoms with Crippen molar-refractivity contribution in [2.24, 2.45) is 0 Å². The predicted molar refractivity (Wildman–Crippen MR) is 83.8 cm³/mol. The zero-order valence-electron chi connectivity index (χ0n) is 12.3. The second-order valence-corrected chi connectivity index (χ2v) is 6.95. The Balaban J connectivity index is 2.13. The van der Waals surface area contributed by atoms with Crippen molar-refractivity contribution in [2.45, 2.75) is 42.9 Å². The second-order valence-electron chi connectivity index (χ2n) is 5.57. The van der Waals surface area contributed by atoms with Crippen LogP contribution in [0.4, 0.5) is 0 Å². The first-order valence-corrected chi connectivity index (χ1v) is 8.30. The van der Waals surface area contributed by atoms with Gasteiger partial charge in [-0.05, 0) is 73.6 Å². The third-order valence-corrected chi connectivity index (χ3v) is 5.87. The summed E-state index contributed by atoms with van der Waals surface area (Å²) in [7, 11) is -1.17. The standard InChI is InChI=1S/C18H17NOS/c1-12-9-14(11-19)10-13(2)18(12)21(20)17-8-4-6-15-5-3-7-16(15)17/h4,6,8-10H,3,5,7H2,1-2H3. The van der Waals surface area contributed by atoms with Crippen LogP contribution in [0.25, 0.3) is 0 Å². The van der Waals surface area contributed by atoms with Crippen molar-refractivity contribution in [2.75, 3.05) is 0 Å². The van der Waals surface area contributed by atoms with Crippen LogP contribution in [0.15, 0.2) is 40.1 Å². The molecular weight excluding hydrogens is 278 g/mol. The maximum absolute atomic E-state index is 13.1. The average molecular weight is 295 g/mol. The Hall–Kier alpha value is -1.92. The van der Waals surface area contributed by atoms with E-state index < -0.39 is 10.8 Å². The Morgan fingerprint density at radius 3 is 2.52 bits per heavy atom. The Kier molecular flexibility index (Phi) is 3.65. The molecule has 2 nitrogen and oxygen atoms in total. The van der Waals surface area contributed by atoms with Crippen molar-refractivity contribution in [3.05, 3.63) is 58.1 Å². The minimum absolute atomic E-state index is 0.629. The van der Waals surface area contributed by atoms with Crippen LogP contribution in [0.2, 0.25) is 0 Å². The van der Waals surface area contributed by atoms with E-state index in [0.29, 0.717) is 5.56 Å². The molecule has 0 saturated carbocycles. The predicted octanol–water partition coefficient (Wildman–Crippen LogP) is 3.83. The summed E-state index contributed by atoms with van der Waals surface area (Å²) in [5.74, 6) is 0. The zero-order valence-corrected chi connectivity index (χ0v) is 13.1. The van der Waals surface area contributed by atoms with E-state index in [1.165, 1.54) is 11.1 Å². The van der Waals surface area contributed by atoms with E-state index in [0.717, 1.165) is 40.2 Å². The van der Waals surface area contributed by atoms with Gasteiger partial charge in [-0.15, -0.1) is 0 Å². The summed E-state index contributed by atoms with van der Waals surface area (Å²) in [5, 5.41) is 9.03. The number of nitriles is 1. The van der Waals surface area contributed by atoms with E-state index in [4.69, 9.17) is 5.26 Å². The first-order valence-electron chi connectivity index (χ1n) is 7.15. The van der Waals surface area contributed by atoms with Crippen molar-refractivity contribution in [3.63, 3.8) is 0 Å². The molecule has 1 unspecified atom stereocenters. The van der Waals surface area contributed by atoms with E-state index in [-0.39, 0.29) is 0 Å². The highest BCUT2D eigenvalue weighted by Crippen LogP contribution is 2.32. The normalized spacial score (nSPS) is 14.5. The Labute approximate surface area is 127 Å². The van der Waals surface area contributed by atoms with Gasteiger partial charge in [0, 0.05) is 9.79 Å². The first kappa shape index (κ1) is 14.0. The molecule has 0 saturated heterocycles. The molecule has 2 aromatic carbocycles. The molecule has 1 aliphatic rings. The molecule has 0 aliphatic heterocycles. The van der Waals surface area contributed by atoms with Crippen LogP contribution in [0.3, 0.4) is 0 Å². The van der Waals surface area contributed by atoms with Gasteiger partial charge in [0.2, 0.25) is 0 Å². The fourth-order valence-corrected chi connectivity index (χ4v) is 4.76. The molecule has 0 radical (unpaired) electrons. The van der Waals surface area contributed by atoms with E-state index in [1.807, 2.05) is 38.1 Å². The molecule has 2 aromatic rings. The fraction of sp³-hybridized carbons (Fsp3) is 0.278. The zero-order chi connectivity index (χ0) is 15.0. The number of rotatable bonds is 2. The maximum atomic E-state index is 13.1. The van der Waals surface area contributed by atoms with E-state index in [9.17, 15) is 4.21 Å². The highest BCUT2D eigenvalue weighted by atomic mass is 32.2. The van der Waals surface area contributed by atoms with Gasteiger partial charge in [0.15, 0.2) is 0 Å². The minimum atomic E-state index is -1.17. The fourth-order valence-electron chi connectivity index (χ4n) is 3.18. The lowest BCUT2D eigenvalue weighted by Gasteiger charge is -2.13. The molecule has 0 spiro atoms. The number of hydrogen-bond donors (Lipinski definition) is 0. The molecule has 106 valence electrons. The Morgan fingerprint density at radius 2 is 1.86 bits per heavy atom. The van der Waals surface area contributed by atoms with Gasteiger partial charge < -0.3 is 0 Å². The summed E-state index contributed by atoms with van der Waals surface area (Å²) in [4.78, 5) is 1.80. The highest BCUT2D eigenvalue weighted by molar-refractivity contribution is 7.85. The Bertz CT molecular complexity index is 763. The van der Waals surface area contributed by atoms with Gasteiger partial charge in [0.05, 0.1) is 22.4 Å². The lowest BCUT2D eigenvalue weighted by molar-refractivity contribution is 0.681. The molecule has 3 rings (SSSR count). The molecule has 0 aromatic heterocycles. The third-order valence-electron chi connectivity index (χ3n) is 4.08. The maximum Gasteiger partial charge on any atom is 0.0991 e. The number of fused-ring (bicyclic) bond motifs is 1. The van der Waals surface area contributed by atoms with E-state index in [1.54, 1.807) is 0 Å². The molecule has 0 fully saturated rings. The number of hydrogen-bond acceptors (Lipinski definition) is 2. The topological polar surface area (TPSA) is 40.9 Å². The first-order chi connectivity index (χ1) is 10.1. The van der Waals surface area contributed by atoms with Crippen LogP contribution >= 0.6 is 0 Å². The second kappa shape index (κ2) is 5.46. The van der Waals surface area contributed by atoms with E-state index >= 15 is 0 Å². The quantitative estimate of drug-likeness (QED) is 0.845. The van der Waals surface area contributed by atoms with Crippen molar-refractivity contribution in [3.8, 4) is 6.07 Å². The summed E-state index contributed by atoms with van der Waals surface area (Å²) in [6, 6.07) is 11.9. The van der Waals surface area contributed by atoms with E-state index in [2.05, 4.69) is 12.1 Å². The largest absolute Gasteiger partial charge is 0.249 e. The van der Waals surface area contributed by atoms with Crippen molar-refractivity contribution < 1.29 is 4.21 Å². The number of aryl methyl sites for hydroxylation is 3. The summed E-state index contributed by atoms with van der Waals surface area (Å²) in [6.45, 7) is 3.87. The summed E-state index contributed by atoms with van der Waals surface area (Å²) >= 11 is 0. The third kappa shape index (κ3) is 2.41. The molecule has 0 bridgehead atoms. The van der Waals surface area contributed by atoms with Gasteiger partial charge in [-0.3, -0.25) is 0 Å². The molecule has 0 amide bonds. The van der Waals surface area contributed by atoms with Crippen LogP contribution in [-0.2, 0) is 23.6 Å². The monoisotopic (exact) mass is 295 g/mol. The average Bonchev–Trinajstić information content (AvgIpc) is 2.94. The van der Waals surface area contributed by atoms with Crippen molar-refractivity contribution >= 4 is 10.8 Å². The van der Waals surface area contributed by atoms with Gasteiger partial charge in [-0.2, -0.15) is 5.26 Å². The molecule has 1 aliphatic carbocycles. The summed E-state index contributed by atoms with van der Waals surface area (Å²) < 4.78 is 13.1. The van der Waals surface area contributed by atoms with Gasteiger partial charge in [-0.25, -0.2) is 4.21 Å². The summed E-state index contributed by atoms with van der Waals surface area (Å²) in [5.41, 5.74) is 5.09. The van der Waals surface area contributed by atoms with Crippen LogP contribution < -0.4 is 0 Å². The van der Waals surface area contributed by atoms with Gasteiger partial charge in [0.1, 0.15) is 0 Å². The molecule has 0 heterocycles. The lowest BCUT2D eigenvalue weighted by atomic mass is 10.1. The SMILES string of the molecule is Cc1cc(C#N)cc(C)c1S(=O)c1cccc2c1CCC2. The highest BCUT2D eigenvalue weighted by Gasteiger charge is 2.21. The summed E-state index contributed by atoms with van der Waals surface area (Å²) in [6.07, 6.45) is 3.26. The number of benzene rings is 2. The molecular formula is C18H17NOS. The Morgan fingerprint density at radius 1 is 1.14 bits per heavy atom. The molecule has 3 heteroatoms. The number of nitrogens with zero attached hydrogens (tertiary/aromatic N) is 1. The lowest BCUT2D eigenvalue weighted by Crippen LogP contribution is -2.03. The smallest absolute Gasteiger partial charge is 0.0991 e. The van der Waals surface area contributed by atoms with Crippen LogP contribution in [-0.4, -0.2) is 4.21 Å². The van der Waals surface area contributed by atoms with Gasteiger partial charge in [-0.1, -0.05) is 12.1 Å². The van der Waals surface area contributed by atoms with Crippen molar-refractivity contribution in [1.29, 1.82) is 5.26 Å². The minimum Gasteiger partial charge on any atom is -0.249 e. The van der Waals surface area contributed by atoms with Crippen LogP contribution in [0.5, 0.6) is 0 Å². The van der Waals surface area contributed by atoms with Gasteiger partial charge in [0.25, 0.3) is 0 Å². The van der Waals surface area contributed by atoms with Crippen LogP contribution in [0, 0.1) is 25.2 Å². The van der Waals surface area contributed by atoms with Gasteiger partial charge >= 0.3 is 0 Å². The molecule has 0 N–H and O–H groups in total. The van der Waals surface area contributed by atoms with Crippen LogP contribution in [0.1, 0.15) is 34.2 Å².